The maximum absolute atomic E-state index is 13.8. The molecule has 41 heavy (non-hydrogen) atoms. The van der Waals surface area contributed by atoms with Crippen molar-refractivity contribution in [1.29, 1.82) is 0 Å². The Hall–Kier alpha value is -3.28. The molecule has 0 saturated carbocycles. The van der Waals surface area contributed by atoms with E-state index in [1.807, 2.05) is 44.2 Å². The van der Waals surface area contributed by atoms with Crippen LogP contribution in [0.25, 0.3) is 0 Å². The predicted octanol–water partition coefficient (Wildman–Crippen LogP) is 8.68. The minimum Gasteiger partial charge on any atom is -0.303 e. The van der Waals surface area contributed by atoms with Crippen LogP contribution < -0.4 is 5.32 Å². The number of Topliss-reactive ketones (excluding diaryl/α,β-unsaturated/α-hetero) is 1. The molecule has 0 radical (unpaired) electrons. The third-order valence-electron chi connectivity index (χ3n) is 7.10. The zero-order valence-electron chi connectivity index (χ0n) is 23.5. The van der Waals surface area contributed by atoms with Crippen molar-refractivity contribution in [2.24, 2.45) is 5.92 Å². The molecule has 5 heteroatoms. The molecule has 1 N–H and O–H groups in total. The summed E-state index contributed by atoms with van der Waals surface area (Å²) in [6.45, 7) is 4.60. The normalized spacial score (nSPS) is 12.4. The molecule has 4 aromatic rings. The first-order valence-corrected chi connectivity index (χ1v) is 15.0. The van der Waals surface area contributed by atoms with Gasteiger partial charge in [-0.3, -0.25) is 4.79 Å². The summed E-state index contributed by atoms with van der Waals surface area (Å²) in [6.07, 6.45) is 2.14. The van der Waals surface area contributed by atoms with Gasteiger partial charge in [-0.15, -0.1) is 9.24 Å². The fraction of sp³-hybridized carbons (Fsp3) is 0.250. The lowest BCUT2D eigenvalue weighted by Crippen LogP contribution is -2.20. The third kappa shape index (κ3) is 9.11. The molecular formula is C36H36ClFNOP. The highest BCUT2D eigenvalue weighted by molar-refractivity contribution is 7.17. The number of nitrogens with one attached hydrogen (secondary N) is 1. The first-order valence-electron chi connectivity index (χ1n) is 14.0. The fourth-order valence-electron chi connectivity index (χ4n) is 4.73. The summed E-state index contributed by atoms with van der Waals surface area (Å²) in [5, 5.41) is 3.58. The molecule has 0 amide bonds. The molecular weight excluding hydrogens is 548 g/mol. The van der Waals surface area contributed by atoms with E-state index >= 15 is 0 Å². The first-order chi connectivity index (χ1) is 19.8. The van der Waals surface area contributed by atoms with E-state index in [0.717, 1.165) is 36.1 Å². The summed E-state index contributed by atoms with van der Waals surface area (Å²) in [4.78, 5) is 13.1. The topological polar surface area (TPSA) is 29.1 Å². The number of halogens is 2. The number of rotatable bonds is 11. The smallest absolute Gasteiger partial charge is 0.143 e. The van der Waals surface area contributed by atoms with Crippen LogP contribution in [0.3, 0.4) is 0 Å². The molecule has 0 aliphatic heterocycles. The van der Waals surface area contributed by atoms with Gasteiger partial charge in [0, 0.05) is 36.1 Å². The molecule has 4 rings (SSSR count). The van der Waals surface area contributed by atoms with Gasteiger partial charge in [0.2, 0.25) is 0 Å². The highest BCUT2D eigenvalue weighted by Crippen LogP contribution is 2.29. The Bertz CT molecular complexity index is 1510. The van der Waals surface area contributed by atoms with Gasteiger partial charge >= 0.3 is 0 Å². The summed E-state index contributed by atoms with van der Waals surface area (Å²) in [5.41, 5.74) is 6.42. The zero-order valence-corrected chi connectivity index (χ0v) is 25.5. The van der Waals surface area contributed by atoms with Crippen LogP contribution in [0, 0.1) is 23.6 Å². The van der Waals surface area contributed by atoms with E-state index in [1.165, 1.54) is 22.8 Å². The Morgan fingerprint density at radius 1 is 0.878 bits per heavy atom. The van der Waals surface area contributed by atoms with Crippen molar-refractivity contribution in [3.8, 4) is 11.8 Å². The minimum absolute atomic E-state index is 0.0337. The number of carbonyl (C=O) groups is 1. The maximum atomic E-state index is 13.8. The first kappa shape index (κ1) is 30.7. The molecule has 3 atom stereocenters. The number of carbonyl (C=O) groups excluding carboxylic acids is 1. The molecule has 0 aromatic heterocycles. The number of hydrogen-bond acceptors (Lipinski definition) is 2. The van der Waals surface area contributed by atoms with E-state index in [9.17, 15) is 9.18 Å². The van der Waals surface area contributed by atoms with Gasteiger partial charge < -0.3 is 5.32 Å². The van der Waals surface area contributed by atoms with Crippen LogP contribution in [0.2, 0.25) is 5.02 Å². The molecule has 0 heterocycles. The van der Waals surface area contributed by atoms with Crippen molar-refractivity contribution in [2.75, 3.05) is 0 Å². The number of ketones is 1. The van der Waals surface area contributed by atoms with Gasteiger partial charge in [-0.05, 0) is 64.9 Å². The second-order valence-corrected chi connectivity index (χ2v) is 11.6. The van der Waals surface area contributed by atoms with Crippen molar-refractivity contribution >= 4 is 26.6 Å². The number of hydrogen-bond donors (Lipinski definition) is 1. The number of aryl methyl sites for hydroxylation is 1. The van der Waals surface area contributed by atoms with E-state index in [2.05, 4.69) is 74.9 Å². The Balaban J connectivity index is 1.34. The van der Waals surface area contributed by atoms with Gasteiger partial charge in [0.05, 0.1) is 5.02 Å². The van der Waals surface area contributed by atoms with Crippen LogP contribution in [0.1, 0.15) is 65.3 Å². The lowest BCUT2D eigenvalue weighted by atomic mass is 9.84. The molecule has 4 aromatic carbocycles. The fourth-order valence-corrected chi connectivity index (χ4v) is 5.26. The highest BCUT2D eigenvalue weighted by Gasteiger charge is 2.24. The summed E-state index contributed by atoms with van der Waals surface area (Å²) < 4.78 is 13.8. The molecule has 2 nitrogen and oxygen atoms in total. The molecule has 0 aliphatic carbocycles. The molecule has 0 spiro atoms. The number of benzene rings is 4. The lowest BCUT2D eigenvalue weighted by molar-refractivity contribution is -0.123. The van der Waals surface area contributed by atoms with Crippen LogP contribution in [0.5, 0.6) is 0 Å². The van der Waals surface area contributed by atoms with E-state index in [0.29, 0.717) is 6.42 Å². The van der Waals surface area contributed by atoms with Crippen LogP contribution in [-0.4, -0.2) is 5.78 Å². The quantitative estimate of drug-likeness (QED) is 0.141. The van der Waals surface area contributed by atoms with Crippen molar-refractivity contribution in [3.05, 3.63) is 141 Å². The van der Waals surface area contributed by atoms with Gasteiger partial charge in [0.15, 0.2) is 0 Å². The second-order valence-electron chi connectivity index (χ2n) is 10.6. The Morgan fingerprint density at radius 2 is 1.59 bits per heavy atom. The van der Waals surface area contributed by atoms with Crippen molar-refractivity contribution in [3.63, 3.8) is 0 Å². The van der Waals surface area contributed by atoms with Gasteiger partial charge in [-0.1, -0.05) is 110 Å². The molecule has 0 aliphatic rings. The molecule has 0 saturated heterocycles. The summed E-state index contributed by atoms with van der Waals surface area (Å²) in [5.74, 6) is 5.85. The van der Waals surface area contributed by atoms with Crippen LogP contribution in [0.15, 0.2) is 97.1 Å². The maximum Gasteiger partial charge on any atom is 0.143 e. The van der Waals surface area contributed by atoms with E-state index in [1.54, 1.807) is 12.1 Å². The van der Waals surface area contributed by atoms with Gasteiger partial charge in [-0.25, -0.2) is 4.39 Å². The van der Waals surface area contributed by atoms with E-state index in [4.69, 9.17) is 11.6 Å². The molecule has 0 bridgehead atoms. The van der Waals surface area contributed by atoms with E-state index < -0.39 is 11.7 Å². The van der Waals surface area contributed by atoms with Crippen LogP contribution >= 0.6 is 20.8 Å². The van der Waals surface area contributed by atoms with Gasteiger partial charge in [0.1, 0.15) is 11.6 Å². The average molecular weight is 584 g/mol. The largest absolute Gasteiger partial charge is 0.303 e. The SMILES string of the molecule is CC(C)C(=O)C(Cc1cccc(C#CCCc2ccc(C(P)NCc3ccccc3)cc2)c1)c1ccc(F)c(Cl)c1. The molecule has 0 fully saturated rings. The van der Waals surface area contributed by atoms with Crippen LogP contribution in [-0.2, 0) is 24.2 Å². The Morgan fingerprint density at radius 3 is 2.29 bits per heavy atom. The van der Waals surface area contributed by atoms with Crippen LogP contribution in [0.4, 0.5) is 4.39 Å². The predicted molar refractivity (Wildman–Crippen MR) is 172 cm³/mol. The van der Waals surface area contributed by atoms with Gasteiger partial charge in [0.25, 0.3) is 0 Å². The van der Waals surface area contributed by atoms with Crippen molar-refractivity contribution in [2.45, 2.75) is 51.4 Å². The Labute approximate surface area is 250 Å². The molecule has 3 unspecified atom stereocenters. The summed E-state index contributed by atoms with van der Waals surface area (Å²) >= 11 is 6.03. The standard InChI is InChI=1S/C36H36ClFNOP/c1-25(2)35(40)32(31-19-20-34(38)33(37)23-31)22-29-14-8-13-27(21-29)10-7-6-9-26-15-17-30(18-16-26)36(41)39-24-28-11-4-3-5-12-28/h3-5,8,11-21,23,25,32,36,39H,6,9,22,24,41H2,1-2H3. The molecule has 210 valence electrons. The monoisotopic (exact) mass is 583 g/mol. The van der Waals surface area contributed by atoms with Gasteiger partial charge in [-0.2, -0.15) is 0 Å². The van der Waals surface area contributed by atoms with E-state index in [-0.39, 0.29) is 22.5 Å². The third-order valence-corrected chi connectivity index (χ3v) is 8.01. The van der Waals surface area contributed by atoms with Crippen molar-refractivity contribution < 1.29 is 9.18 Å². The second kappa shape index (κ2) is 15.1. The average Bonchev–Trinajstić information content (AvgIpc) is 2.99. The Kier molecular flexibility index (Phi) is 11.3. The zero-order chi connectivity index (χ0) is 29.2. The summed E-state index contributed by atoms with van der Waals surface area (Å²) in [6, 6.07) is 31.6. The lowest BCUT2D eigenvalue weighted by Gasteiger charge is -2.19. The summed E-state index contributed by atoms with van der Waals surface area (Å²) in [7, 11) is 2.88. The minimum atomic E-state index is -0.483. The highest BCUT2D eigenvalue weighted by atomic mass is 35.5. The van der Waals surface area contributed by atoms with Crippen molar-refractivity contribution in [1.82, 2.24) is 5.32 Å².